The van der Waals surface area contributed by atoms with E-state index in [1.165, 1.54) is 11.8 Å². The van der Waals surface area contributed by atoms with Crippen LogP contribution >= 0.6 is 23.5 Å². The van der Waals surface area contributed by atoms with Crippen molar-refractivity contribution in [2.75, 3.05) is 6.61 Å². The van der Waals surface area contributed by atoms with Crippen LogP contribution in [0, 0.1) is 0 Å². The van der Waals surface area contributed by atoms with E-state index in [0.29, 0.717) is 21.9 Å². The summed E-state index contributed by atoms with van der Waals surface area (Å²) in [6.45, 7) is 5.98. The van der Waals surface area contributed by atoms with Gasteiger partial charge < -0.3 is 4.74 Å². The predicted octanol–water partition coefficient (Wildman–Crippen LogP) is 3.31. The highest BCUT2D eigenvalue weighted by molar-refractivity contribution is 8.00. The van der Waals surface area contributed by atoms with Gasteiger partial charge in [-0.05, 0) is 26.0 Å². The van der Waals surface area contributed by atoms with E-state index in [1.807, 2.05) is 30.3 Å². The Bertz CT molecular complexity index is 836. The Labute approximate surface area is 155 Å². The lowest BCUT2D eigenvalue weighted by Crippen LogP contribution is -2.25. The molecule has 3 rings (SSSR count). The molecule has 0 N–H and O–H groups in total. The molecule has 1 aliphatic rings. The predicted molar refractivity (Wildman–Crippen MR) is 101 cm³/mol. The minimum Gasteiger partial charge on any atom is -0.465 e. The van der Waals surface area contributed by atoms with Crippen LogP contribution in [0.15, 0.2) is 45.2 Å². The maximum atomic E-state index is 13.1. The zero-order valence-electron chi connectivity index (χ0n) is 14.4. The Morgan fingerprint density at radius 2 is 2.16 bits per heavy atom. The molecule has 0 aliphatic carbocycles. The van der Waals surface area contributed by atoms with Gasteiger partial charge in [0.2, 0.25) is 0 Å². The molecule has 0 saturated carbocycles. The molecule has 5 nitrogen and oxygen atoms in total. The number of aromatic nitrogens is 2. The SMILES string of the molecule is CCOC(=O)[C@H](C)Sc1nc2c(c(=O)n1-c1ccccc1)S[C@H](C)C2. The number of para-hydroxylation sites is 1. The zero-order chi connectivity index (χ0) is 18.0. The molecule has 1 aromatic carbocycles. The van der Waals surface area contributed by atoms with E-state index < -0.39 is 5.25 Å². The van der Waals surface area contributed by atoms with Gasteiger partial charge in [0.05, 0.1) is 22.9 Å². The van der Waals surface area contributed by atoms with Crippen molar-refractivity contribution in [3.05, 3.63) is 46.4 Å². The number of benzene rings is 1. The van der Waals surface area contributed by atoms with E-state index in [0.717, 1.165) is 17.8 Å². The highest BCUT2D eigenvalue weighted by atomic mass is 32.2. The van der Waals surface area contributed by atoms with Gasteiger partial charge in [0.1, 0.15) is 5.25 Å². The molecule has 0 bridgehead atoms. The van der Waals surface area contributed by atoms with Gasteiger partial charge in [-0.25, -0.2) is 4.98 Å². The van der Waals surface area contributed by atoms with Gasteiger partial charge in [0.25, 0.3) is 5.56 Å². The fraction of sp³-hybridized carbons (Fsp3) is 0.389. The summed E-state index contributed by atoms with van der Waals surface area (Å²) in [6, 6.07) is 9.41. The summed E-state index contributed by atoms with van der Waals surface area (Å²) >= 11 is 2.83. The topological polar surface area (TPSA) is 61.2 Å². The van der Waals surface area contributed by atoms with Gasteiger partial charge in [-0.1, -0.05) is 36.9 Å². The molecule has 2 heterocycles. The second-order valence-corrected chi connectivity index (χ2v) is 8.55. The third-order valence-electron chi connectivity index (χ3n) is 3.80. The summed E-state index contributed by atoms with van der Waals surface area (Å²) in [6.07, 6.45) is 0.770. The first kappa shape index (κ1) is 18.1. The average molecular weight is 377 g/mol. The number of carbonyl (C=O) groups is 1. The van der Waals surface area contributed by atoms with Crippen LogP contribution < -0.4 is 5.56 Å². The Morgan fingerprint density at radius 1 is 1.44 bits per heavy atom. The average Bonchev–Trinajstić information content (AvgIpc) is 2.97. The molecule has 2 aromatic rings. The van der Waals surface area contributed by atoms with Gasteiger partial charge in [0, 0.05) is 11.7 Å². The van der Waals surface area contributed by atoms with Crippen LogP contribution in [0.1, 0.15) is 26.5 Å². The number of hydrogen-bond acceptors (Lipinski definition) is 6. The van der Waals surface area contributed by atoms with Crippen molar-refractivity contribution >= 4 is 29.5 Å². The lowest BCUT2D eigenvalue weighted by atomic mass is 10.2. The van der Waals surface area contributed by atoms with E-state index in [4.69, 9.17) is 9.72 Å². The third kappa shape index (κ3) is 3.77. The van der Waals surface area contributed by atoms with E-state index >= 15 is 0 Å². The van der Waals surface area contributed by atoms with Crippen molar-refractivity contribution in [1.29, 1.82) is 0 Å². The second-order valence-electron chi connectivity index (χ2n) is 5.79. The molecule has 0 radical (unpaired) electrons. The first-order valence-electron chi connectivity index (χ1n) is 8.22. The summed E-state index contributed by atoms with van der Waals surface area (Å²) in [4.78, 5) is 30.5. The van der Waals surface area contributed by atoms with Crippen molar-refractivity contribution in [3.63, 3.8) is 0 Å². The summed E-state index contributed by atoms with van der Waals surface area (Å²) < 4.78 is 6.68. The van der Waals surface area contributed by atoms with Crippen LogP contribution in [0.5, 0.6) is 0 Å². The largest absolute Gasteiger partial charge is 0.465 e. The Kier molecular flexibility index (Phi) is 5.54. The Morgan fingerprint density at radius 3 is 2.84 bits per heavy atom. The number of fused-ring (bicyclic) bond motifs is 1. The second kappa shape index (κ2) is 7.66. The van der Waals surface area contributed by atoms with Crippen LogP contribution in [-0.4, -0.2) is 32.6 Å². The molecule has 0 amide bonds. The summed E-state index contributed by atoms with van der Waals surface area (Å²) in [5, 5.41) is 0.429. The molecule has 7 heteroatoms. The number of rotatable bonds is 5. The molecule has 1 aliphatic heterocycles. The molecule has 0 unspecified atom stereocenters. The van der Waals surface area contributed by atoms with E-state index in [2.05, 4.69) is 6.92 Å². The fourth-order valence-electron chi connectivity index (χ4n) is 2.65. The maximum Gasteiger partial charge on any atom is 0.319 e. The standard InChI is InChI=1S/C18H20N2O3S2/c1-4-23-17(22)12(3)25-18-19-14-10-11(2)24-15(14)16(21)20(18)13-8-6-5-7-9-13/h5-9,11-12H,4,10H2,1-3H3/t11-,12+/m1/s1. The van der Waals surface area contributed by atoms with Crippen molar-refractivity contribution in [3.8, 4) is 5.69 Å². The number of esters is 1. The Balaban J connectivity index is 2.07. The van der Waals surface area contributed by atoms with Crippen LogP contribution in [0.4, 0.5) is 0 Å². The molecule has 0 saturated heterocycles. The number of hydrogen-bond donors (Lipinski definition) is 0. The highest BCUT2D eigenvalue weighted by Crippen LogP contribution is 2.35. The van der Waals surface area contributed by atoms with Crippen molar-refractivity contribution in [2.24, 2.45) is 0 Å². The molecule has 0 spiro atoms. The van der Waals surface area contributed by atoms with E-state index in [-0.39, 0.29) is 11.5 Å². The smallest absolute Gasteiger partial charge is 0.319 e. The number of nitrogens with zero attached hydrogens (tertiary/aromatic N) is 2. The van der Waals surface area contributed by atoms with Gasteiger partial charge in [-0.2, -0.15) is 0 Å². The van der Waals surface area contributed by atoms with Crippen LogP contribution in [0.2, 0.25) is 0 Å². The number of ether oxygens (including phenoxy) is 1. The van der Waals surface area contributed by atoms with E-state index in [1.54, 1.807) is 30.2 Å². The van der Waals surface area contributed by atoms with Gasteiger partial charge >= 0.3 is 5.97 Å². The quantitative estimate of drug-likeness (QED) is 0.453. The number of carbonyl (C=O) groups excluding carboxylic acids is 1. The molecule has 132 valence electrons. The molecular weight excluding hydrogens is 356 g/mol. The molecule has 2 atom stereocenters. The first-order valence-corrected chi connectivity index (χ1v) is 9.98. The lowest BCUT2D eigenvalue weighted by Gasteiger charge is -2.16. The van der Waals surface area contributed by atoms with Crippen LogP contribution in [0.25, 0.3) is 5.69 Å². The van der Waals surface area contributed by atoms with Crippen LogP contribution in [-0.2, 0) is 16.0 Å². The fourth-order valence-corrected chi connectivity index (χ4v) is 4.69. The molecule has 1 aromatic heterocycles. The number of thioether (sulfide) groups is 2. The van der Waals surface area contributed by atoms with E-state index in [9.17, 15) is 9.59 Å². The van der Waals surface area contributed by atoms with Crippen molar-refractivity contribution in [1.82, 2.24) is 9.55 Å². The minimum absolute atomic E-state index is 0.0656. The zero-order valence-corrected chi connectivity index (χ0v) is 16.0. The minimum atomic E-state index is -0.439. The molecular formula is C18H20N2O3S2. The van der Waals surface area contributed by atoms with Gasteiger partial charge in [-0.15, -0.1) is 11.8 Å². The van der Waals surface area contributed by atoms with Crippen molar-refractivity contribution < 1.29 is 9.53 Å². The monoisotopic (exact) mass is 376 g/mol. The summed E-state index contributed by atoms with van der Waals surface area (Å²) in [5.74, 6) is -0.301. The summed E-state index contributed by atoms with van der Waals surface area (Å²) in [7, 11) is 0. The molecule has 0 fully saturated rings. The molecule has 25 heavy (non-hydrogen) atoms. The first-order chi connectivity index (χ1) is 12.0. The van der Waals surface area contributed by atoms with Gasteiger partial charge in [0.15, 0.2) is 5.16 Å². The van der Waals surface area contributed by atoms with Crippen LogP contribution in [0.3, 0.4) is 0 Å². The maximum absolute atomic E-state index is 13.1. The van der Waals surface area contributed by atoms with Gasteiger partial charge in [-0.3, -0.25) is 14.2 Å². The lowest BCUT2D eigenvalue weighted by molar-refractivity contribution is -0.142. The Hall–Kier alpha value is -1.73. The van der Waals surface area contributed by atoms with Crippen molar-refractivity contribution in [2.45, 2.75) is 47.7 Å². The summed E-state index contributed by atoms with van der Waals surface area (Å²) in [5.41, 5.74) is 1.51. The normalized spacial score (nSPS) is 17.2. The third-order valence-corrected chi connectivity index (χ3v) is 6.04. The highest BCUT2D eigenvalue weighted by Gasteiger charge is 2.28.